The first kappa shape index (κ1) is 23.5. The van der Waals surface area contributed by atoms with E-state index in [1.807, 2.05) is 0 Å². The summed E-state index contributed by atoms with van der Waals surface area (Å²) in [7, 11) is 0. The molecule has 0 heterocycles. The van der Waals surface area contributed by atoms with Crippen molar-refractivity contribution in [3.05, 3.63) is 69.8 Å². The van der Waals surface area contributed by atoms with Gasteiger partial charge in [-0.15, -0.1) is 0 Å². The summed E-state index contributed by atoms with van der Waals surface area (Å²) in [5, 5.41) is 0. The van der Waals surface area contributed by atoms with Crippen molar-refractivity contribution in [2.75, 3.05) is 0 Å². The molecule has 0 amide bonds. The molecule has 0 spiro atoms. The third kappa shape index (κ3) is 3.74. The van der Waals surface area contributed by atoms with E-state index in [9.17, 15) is 33.6 Å². The Kier molecular flexibility index (Phi) is 5.28. The largest absolute Gasteiger partial charge is 0.321 e. The Morgan fingerprint density at radius 2 is 1.19 bits per heavy atom. The maximum atomic E-state index is 13.3. The van der Waals surface area contributed by atoms with Crippen molar-refractivity contribution in [3.8, 4) is 0 Å². The molecule has 2 saturated carbocycles. The van der Waals surface area contributed by atoms with Gasteiger partial charge in [0.1, 0.15) is 11.8 Å². The van der Waals surface area contributed by atoms with Gasteiger partial charge in [-0.25, -0.2) is 0 Å². The molecule has 2 fully saturated rings. The highest BCUT2D eigenvalue weighted by Crippen LogP contribution is 2.38. The van der Waals surface area contributed by atoms with E-state index in [1.54, 1.807) is 0 Å². The lowest BCUT2D eigenvalue weighted by Crippen LogP contribution is -2.41. The van der Waals surface area contributed by atoms with Gasteiger partial charge in [0.15, 0.2) is 40.5 Å². The summed E-state index contributed by atoms with van der Waals surface area (Å²) in [4.78, 5) is 90.0. The molecule has 0 aliphatic heterocycles. The predicted octanol–water partition coefficient (Wildman–Crippen LogP) is 2.58. The molecule has 0 saturated heterocycles. The van der Waals surface area contributed by atoms with E-state index in [1.165, 1.54) is 36.4 Å². The summed E-state index contributed by atoms with van der Waals surface area (Å²) in [6.45, 7) is 0. The Bertz CT molecular complexity index is 1480. The number of Topliss-reactive ketones (excluding diaryl/α,β-unsaturated/α-hetero) is 6. The standard InChI is InChI=1S/C29H23NO7/c30-23(13-3-4-13)29(37)22-26(34)17-8-6-15(11-19(17)28(22)36)24(32)14-5-7-16-18(10-14)27(35)21(25(16)33)20(31)9-12-1-2-12/h5-8,10-13,21-23H,1-4,9,30H2. The van der Waals surface area contributed by atoms with Crippen LogP contribution >= 0.6 is 0 Å². The second kappa shape index (κ2) is 8.31. The molecule has 3 unspecified atom stereocenters. The van der Waals surface area contributed by atoms with Gasteiger partial charge in [-0.1, -0.05) is 12.1 Å². The minimum Gasteiger partial charge on any atom is -0.321 e. The van der Waals surface area contributed by atoms with Crippen molar-refractivity contribution in [1.29, 1.82) is 0 Å². The molecule has 186 valence electrons. The minimum absolute atomic E-state index is 0.00431. The Labute approximate surface area is 211 Å². The molecule has 8 nitrogen and oxygen atoms in total. The Hall–Kier alpha value is -3.91. The van der Waals surface area contributed by atoms with Crippen LogP contribution in [0.3, 0.4) is 0 Å². The molecule has 37 heavy (non-hydrogen) atoms. The lowest BCUT2D eigenvalue weighted by atomic mass is 9.91. The fourth-order valence-corrected chi connectivity index (χ4v) is 5.39. The zero-order valence-electron chi connectivity index (χ0n) is 19.8. The van der Waals surface area contributed by atoms with Crippen LogP contribution in [-0.4, -0.2) is 46.5 Å². The van der Waals surface area contributed by atoms with Crippen LogP contribution in [0.1, 0.15) is 89.5 Å². The van der Waals surface area contributed by atoms with Gasteiger partial charge in [0.25, 0.3) is 0 Å². The van der Waals surface area contributed by atoms with Crippen LogP contribution in [0, 0.1) is 23.7 Å². The van der Waals surface area contributed by atoms with Gasteiger partial charge in [-0.3, -0.25) is 33.6 Å². The number of fused-ring (bicyclic) bond motifs is 2. The first-order chi connectivity index (χ1) is 17.7. The first-order valence-corrected chi connectivity index (χ1v) is 12.5. The molecule has 0 bridgehead atoms. The van der Waals surface area contributed by atoms with Crippen LogP contribution in [0.4, 0.5) is 0 Å². The van der Waals surface area contributed by atoms with E-state index >= 15 is 0 Å². The number of ketones is 7. The number of rotatable bonds is 8. The fraction of sp³-hybridized carbons (Fsp3) is 0.345. The molecule has 4 aliphatic carbocycles. The summed E-state index contributed by atoms with van der Waals surface area (Å²) < 4.78 is 0. The molecular weight excluding hydrogens is 474 g/mol. The molecule has 3 atom stereocenters. The number of hydrogen-bond donors (Lipinski definition) is 1. The Balaban J connectivity index is 1.26. The number of carbonyl (C=O) groups is 7. The Morgan fingerprint density at radius 3 is 1.70 bits per heavy atom. The summed E-state index contributed by atoms with van der Waals surface area (Å²) >= 11 is 0. The second-order valence-corrected chi connectivity index (χ2v) is 10.6. The number of carbonyl (C=O) groups excluding carboxylic acids is 7. The topological polar surface area (TPSA) is 146 Å². The van der Waals surface area contributed by atoms with E-state index < -0.39 is 52.6 Å². The highest BCUT2D eigenvalue weighted by Gasteiger charge is 2.48. The predicted molar refractivity (Wildman–Crippen MR) is 129 cm³/mol. The summed E-state index contributed by atoms with van der Waals surface area (Å²) in [6, 6.07) is 7.26. The summed E-state index contributed by atoms with van der Waals surface area (Å²) in [6.07, 6.45) is 3.63. The molecule has 6 rings (SSSR count). The third-order valence-corrected chi connectivity index (χ3v) is 7.93. The minimum atomic E-state index is -1.48. The van der Waals surface area contributed by atoms with Gasteiger partial charge in [-0.2, -0.15) is 0 Å². The number of hydrogen-bond acceptors (Lipinski definition) is 8. The highest BCUT2D eigenvalue weighted by molar-refractivity contribution is 6.37. The second-order valence-electron chi connectivity index (χ2n) is 10.6. The number of benzene rings is 2. The Morgan fingerprint density at radius 1 is 0.703 bits per heavy atom. The van der Waals surface area contributed by atoms with Crippen LogP contribution in [-0.2, 0) is 9.59 Å². The van der Waals surface area contributed by atoms with Gasteiger partial charge < -0.3 is 5.73 Å². The first-order valence-electron chi connectivity index (χ1n) is 12.5. The van der Waals surface area contributed by atoms with Crippen molar-refractivity contribution in [1.82, 2.24) is 0 Å². The molecule has 0 radical (unpaired) electrons. The number of nitrogens with two attached hydrogens (primary N) is 1. The van der Waals surface area contributed by atoms with Crippen molar-refractivity contribution in [2.24, 2.45) is 29.4 Å². The molecule has 2 N–H and O–H groups in total. The van der Waals surface area contributed by atoms with Gasteiger partial charge in [0, 0.05) is 39.8 Å². The molecule has 8 heteroatoms. The van der Waals surface area contributed by atoms with Gasteiger partial charge in [0.2, 0.25) is 0 Å². The van der Waals surface area contributed by atoms with Crippen LogP contribution < -0.4 is 5.73 Å². The molecule has 0 aromatic heterocycles. The van der Waals surface area contributed by atoms with E-state index in [-0.39, 0.29) is 57.4 Å². The molecular formula is C29H23NO7. The quantitative estimate of drug-likeness (QED) is 0.433. The van der Waals surface area contributed by atoms with Crippen LogP contribution in [0.15, 0.2) is 36.4 Å². The SMILES string of the molecule is NC(C(=O)C1C(=O)c2ccc(C(=O)c3ccc4c(c3)C(=O)C(C(=O)CC3CC3)C4=O)cc2C1=O)C1CC1. The monoisotopic (exact) mass is 497 g/mol. The maximum absolute atomic E-state index is 13.3. The lowest BCUT2D eigenvalue weighted by molar-refractivity contribution is -0.122. The fourth-order valence-electron chi connectivity index (χ4n) is 5.39. The van der Waals surface area contributed by atoms with Crippen molar-refractivity contribution in [2.45, 2.75) is 38.1 Å². The van der Waals surface area contributed by atoms with E-state index in [0.29, 0.717) is 0 Å². The summed E-state index contributed by atoms with van der Waals surface area (Å²) in [5.41, 5.74) is 6.39. The van der Waals surface area contributed by atoms with Crippen LogP contribution in [0.5, 0.6) is 0 Å². The molecule has 2 aromatic rings. The van der Waals surface area contributed by atoms with Crippen molar-refractivity contribution < 1.29 is 33.6 Å². The zero-order chi connectivity index (χ0) is 26.2. The average Bonchev–Trinajstić information content (AvgIpc) is 3.82. The van der Waals surface area contributed by atoms with Gasteiger partial charge >= 0.3 is 0 Å². The molecule has 4 aliphatic rings. The van der Waals surface area contributed by atoms with Crippen molar-refractivity contribution >= 4 is 40.5 Å². The van der Waals surface area contributed by atoms with Gasteiger partial charge in [0.05, 0.1) is 6.04 Å². The van der Waals surface area contributed by atoms with Crippen molar-refractivity contribution in [3.63, 3.8) is 0 Å². The highest BCUT2D eigenvalue weighted by atomic mass is 16.2. The van der Waals surface area contributed by atoms with E-state index in [4.69, 9.17) is 5.73 Å². The summed E-state index contributed by atoms with van der Waals surface area (Å²) in [5.74, 6) is -6.49. The van der Waals surface area contributed by atoms with E-state index in [2.05, 4.69) is 0 Å². The van der Waals surface area contributed by atoms with Crippen LogP contribution in [0.2, 0.25) is 0 Å². The average molecular weight is 498 g/mol. The smallest absolute Gasteiger partial charge is 0.193 e. The van der Waals surface area contributed by atoms with E-state index in [0.717, 1.165) is 25.7 Å². The zero-order valence-corrected chi connectivity index (χ0v) is 19.8. The van der Waals surface area contributed by atoms with Gasteiger partial charge in [-0.05, 0) is 61.8 Å². The maximum Gasteiger partial charge on any atom is 0.193 e. The third-order valence-electron chi connectivity index (χ3n) is 7.93. The molecule has 2 aromatic carbocycles. The normalized spacial score (nSPS) is 23.2. The lowest BCUT2D eigenvalue weighted by Gasteiger charge is -2.12. The van der Waals surface area contributed by atoms with Crippen LogP contribution in [0.25, 0.3) is 0 Å².